The fourth-order valence-corrected chi connectivity index (χ4v) is 2.36. The first kappa shape index (κ1) is 15.3. The van der Waals surface area contributed by atoms with Gasteiger partial charge >= 0.3 is 0 Å². The molecule has 0 saturated heterocycles. The Morgan fingerprint density at radius 3 is 2.18 bits per heavy atom. The number of aromatic hydroxyl groups is 1. The van der Waals surface area contributed by atoms with E-state index in [0.717, 1.165) is 0 Å². The van der Waals surface area contributed by atoms with Gasteiger partial charge in [0, 0.05) is 17.9 Å². The smallest absolute Gasteiger partial charge is 0.163 e. The second kappa shape index (κ2) is 7.06. The number of nitrogens with zero attached hydrogens (tertiary/aromatic N) is 2. The number of hydrogen-bond donors (Lipinski definition) is 1. The third-order valence-corrected chi connectivity index (χ3v) is 3.52. The number of rotatable bonds is 5. The first-order valence-corrected chi connectivity index (χ1v) is 6.82. The first-order chi connectivity index (χ1) is 10.7. The zero-order valence-electron chi connectivity index (χ0n) is 11.8. The Kier molecular flexibility index (Phi) is 4.90. The van der Waals surface area contributed by atoms with E-state index >= 15 is 0 Å². The molecule has 4 nitrogen and oxygen atoms in total. The normalized spacial score (nSPS) is 11.4. The Morgan fingerprint density at radius 1 is 1.00 bits per heavy atom. The van der Waals surface area contributed by atoms with Gasteiger partial charge in [0.1, 0.15) is 11.7 Å². The van der Waals surface area contributed by atoms with Crippen molar-refractivity contribution in [3.8, 4) is 17.9 Å². The highest BCUT2D eigenvalue weighted by atomic mass is 16.3. The summed E-state index contributed by atoms with van der Waals surface area (Å²) in [5.41, 5.74) is 0.970. The van der Waals surface area contributed by atoms with Gasteiger partial charge in [-0.25, -0.2) is 0 Å². The molecule has 0 aliphatic carbocycles. The minimum Gasteiger partial charge on any atom is -0.508 e. The Bertz CT molecular complexity index is 728. The fraction of sp³-hybridized carbons (Fsp3) is 0.167. The molecule has 2 aromatic carbocycles. The number of carbonyl (C=O) groups is 1. The molecule has 108 valence electrons. The topological polar surface area (TPSA) is 84.9 Å². The Labute approximate surface area is 128 Å². The van der Waals surface area contributed by atoms with Gasteiger partial charge in [0.05, 0.1) is 12.1 Å². The lowest BCUT2D eigenvalue weighted by atomic mass is 9.82. The molecule has 2 rings (SSSR count). The number of ketones is 1. The molecular formula is C18H14N2O2. The molecule has 0 aliphatic rings. The number of hydrogen-bond acceptors (Lipinski definition) is 4. The van der Waals surface area contributed by atoms with E-state index in [4.69, 9.17) is 10.5 Å². The molecular weight excluding hydrogens is 276 g/mol. The molecule has 0 amide bonds. The lowest BCUT2D eigenvalue weighted by Crippen LogP contribution is -2.15. The lowest BCUT2D eigenvalue weighted by Gasteiger charge is -2.18. The van der Waals surface area contributed by atoms with Crippen molar-refractivity contribution in [1.29, 1.82) is 10.5 Å². The molecule has 1 unspecified atom stereocenters. The maximum Gasteiger partial charge on any atom is 0.163 e. The van der Waals surface area contributed by atoms with E-state index in [0.29, 0.717) is 11.1 Å². The van der Waals surface area contributed by atoms with E-state index in [2.05, 4.69) is 0 Å². The second-order valence-corrected chi connectivity index (χ2v) is 4.89. The van der Waals surface area contributed by atoms with Crippen molar-refractivity contribution in [2.75, 3.05) is 0 Å². The van der Waals surface area contributed by atoms with Gasteiger partial charge in [-0.1, -0.05) is 48.5 Å². The van der Waals surface area contributed by atoms with Crippen LogP contribution in [0.25, 0.3) is 0 Å². The summed E-state index contributed by atoms with van der Waals surface area (Å²) in [6.07, 6.45) is -0.00657. The van der Waals surface area contributed by atoms with Crippen molar-refractivity contribution in [3.05, 3.63) is 65.7 Å². The van der Waals surface area contributed by atoms with Crippen molar-refractivity contribution in [3.63, 3.8) is 0 Å². The summed E-state index contributed by atoms with van der Waals surface area (Å²) in [5, 5.41) is 28.3. The highest BCUT2D eigenvalue weighted by Crippen LogP contribution is 2.34. The number of phenols is 1. The van der Waals surface area contributed by atoms with Gasteiger partial charge in [-0.05, 0) is 11.6 Å². The standard InChI is InChI=1S/C18H14N2O2/c19-11-14(12-20)16(15-8-4-5-9-17(15)21)10-18(22)13-6-2-1-3-7-13/h1-9,14,16,21H,10H2. The molecule has 0 saturated carbocycles. The number of carbonyl (C=O) groups excluding carboxylic acids is 1. The summed E-state index contributed by atoms with van der Waals surface area (Å²) in [4.78, 5) is 12.4. The second-order valence-electron chi connectivity index (χ2n) is 4.89. The van der Waals surface area contributed by atoms with Crippen molar-refractivity contribution in [2.24, 2.45) is 5.92 Å². The van der Waals surface area contributed by atoms with Gasteiger partial charge in [0.2, 0.25) is 0 Å². The van der Waals surface area contributed by atoms with Crippen LogP contribution in [0.4, 0.5) is 0 Å². The van der Waals surface area contributed by atoms with Crippen LogP contribution in [0.2, 0.25) is 0 Å². The Balaban J connectivity index is 2.35. The van der Waals surface area contributed by atoms with Gasteiger partial charge in [0.25, 0.3) is 0 Å². The van der Waals surface area contributed by atoms with Crippen molar-refractivity contribution < 1.29 is 9.90 Å². The van der Waals surface area contributed by atoms with E-state index in [1.54, 1.807) is 42.5 Å². The van der Waals surface area contributed by atoms with Crippen molar-refractivity contribution in [2.45, 2.75) is 12.3 Å². The third-order valence-electron chi connectivity index (χ3n) is 3.52. The maximum atomic E-state index is 12.4. The summed E-state index contributed by atoms with van der Waals surface area (Å²) in [6, 6.07) is 19.0. The average Bonchev–Trinajstić information content (AvgIpc) is 2.56. The van der Waals surface area contributed by atoms with Crippen LogP contribution in [0.1, 0.15) is 28.3 Å². The fourth-order valence-electron chi connectivity index (χ4n) is 2.36. The first-order valence-electron chi connectivity index (χ1n) is 6.82. The number of phenolic OH excluding ortho intramolecular Hbond substituents is 1. The van der Waals surface area contributed by atoms with Crippen LogP contribution in [0.5, 0.6) is 5.75 Å². The molecule has 0 aromatic heterocycles. The zero-order chi connectivity index (χ0) is 15.9. The molecule has 0 fully saturated rings. The van der Waals surface area contributed by atoms with Crippen molar-refractivity contribution in [1.82, 2.24) is 0 Å². The zero-order valence-corrected chi connectivity index (χ0v) is 11.8. The number of Topliss-reactive ketones (excluding diaryl/α,β-unsaturated/α-hetero) is 1. The predicted molar refractivity (Wildman–Crippen MR) is 81.0 cm³/mol. The van der Waals surface area contributed by atoms with Crippen LogP contribution in [0, 0.1) is 28.6 Å². The molecule has 4 heteroatoms. The molecule has 0 heterocycles. The van der Waals surface area contributed by atoms with E-state index in [1.165, 1.54) is 6.07 Å². The van der Waals surface area contributed by atoms with Crippen LogP contribution >= 0.6 is 0 Å². The van der Waals surface area contributed by atoms with Gasteiger partial charge in [-0.2, -0.15) is 10.5 Å². The van der Waals surface area contributed by atoms with Crippen LogP contribution < -0.4 is 0 Å². The van der Waals surface area contributed by atoms with E-state index in [-0.39, 0.29) is 18.0 Å². The molecule has 0 spiro atoms. The summed E-state index contributed by atoms with van der Waals surface area (Å²) in [5.74, 6) is -1.84. The van der Waals surface area contributed by atoms with Crippen LogP contribution in [-0.2, 0) is 0 Å². The summed E-state index contributed by atoms with van der Waals surface area (Å²) >= 11 is 0. The molecule has 1 atom stereocenters. The molecule has 0 bridgehead atoms. The van der Waals surface area contributed by atoms with Gasteiger partial charge < -0.3 is 5.11 Å². The minimum atomic E-state index is -0.999. The highest BCUT2D eigenvalue weighted by Gasteiger charge is 2.28. The van der Waals surface area contributed by atoms with Gasteiger partial charge in [-0.15, -0.1) is 0 Å². The van der Waals surface area contributed by atoms with Crippen LogP contribution in [0.15, 0.2) is 54.6 Å². The monoisotopic (exact) mass is 290 g/mol. The van der Waals surface area contributed by atoms with Crippen LogP contribution in [0.3, 0.4) is 0 Å². The number of nitriles is 2. The molecule has 1 N–H and O–H groups in total. The molecule has 0 radical (unpaired) electrons. The summed E-state index contributed by atoms with van der Waals surface area (Å²) < 4.78 is 0. The number of para-hydroxylation sites is 1. The predicted octanol–water partition coefficient (Wildman–Crippen LogP) is 3.41. The Hall–Kier alpha value is -3.11. The quantitative estimate of drug-likeness (QED) is 0.855. The summed E-state index contributed by atoms with van der Waals surface area (Å²) in [7, 11) is 0. The van der Waals surface area contributed by atoms with Crippen molar-refractivity contribution >= 4 is 5.78 Å². The number of benzene rings is 2. The van der Waals surface area contributed by atoms with E-state index in [1.807, 2.05) is 18.2 Å². The van der Waals surface area contributed by atoms with E-state index < -0.39 is 11.8 Å². The van der Waals surface area contributed by atoms with Gasteiger partial charge in [-0.3, -0.25) is 4.79 Å². The summed E-state index contributed by atoms with van der Waals surface area (Å²) in [6.45, 7) is 0. The Morgan fingerprint density at radius 2 is 1.59 bits per heavy atom. The third kappa shape index (κ3) is 3.31. The molecule has 0 aliphatic heterocycles. The highest BCUT2D eigenvalue weighted by molar-refractivity contribution is 5.96. The van der Waals surface area contributed by atoms with Crippen LogP contribution in [-0.4, -0.2) is 10.9 Å². The van der Waals surface area contributed by atoms with Gasteiger partial charge in [0.15, 0.2) is 5.78 Å². The lowest BCUT2D eigenvalue weighted by molar-refractivity contribution is 0.0970. The average molecular weight is 290 g/mol. The largest absolute Gasteiger partial charge is 0.508 e. The molecule has 22 heavy (non-hydrogen) atoms. The SMILES string of the molecule is N#CC(C#N)C(CC(=O)c1ccccc1)c1ccccc1O. The van der Waals surface area contributed by atoms with E-state index in [9.17, 15) is 9.90 Å². The maximum absolute atomic E-state index is 12.4. The molecule has 2 aromatic rings. The minimum absolute atomic E-state index is 0.00657.